The van der Waals surface area contributed by atoms with Gasteiger partial charge in [0.1, 0.15) is 19.0 Å². The molecule has 0 bridgehead atoms. The van der Waals surface area contributed by atoms with Crippen molar-refractivity contribution in [3.8, 4) is 5.75 Å². The summed E-state index contributed by atoms with van der Waals surface area (Å²) >= 11 is 0. The SMILES string of the molecule is COCC(=O)N1CCC2(CCCCc3ccccc3OCCN(CC(C)C)C2)CC1. The molecule has 0 unspecified atom stereocenters. The fraction of sp³-hybridized carbons (Fsp3) is 0.720. The van der Waals surface area contributed by atoms with Crippen molar-refractivity contribution >= 4 is 5.91 Å². The standard InChI is InChI=1S/C25H40N2O3/c1-21(2)18-26-16-17-30-23-10-5-4-8-22(23)9-6-7-11-25(20-26)12-14-27(15-13-25)24(28)19-29-3/h4-5,8,10,21H,6-7,9,11-20H2,1-3H3. The third kappa shape index (κ3) is 6.45. The van der Waals surface area contributed by atoms with Gasteiger partial charge >= 0.3 is 0 Å². The van der Waals surface area contributed by atoms with Crippen molar-refractivity contribution in [2.24, 2.45) is 11.3 Å². The minimum atomic E-state index is 0.129. The van der Waals surface area contributed by atoms with Crippen molar-refractivity contribution in [3.05, 3.63) is 29.8 Å². The van der Waals surface area contributed by atoms with Crippen LogP contribution < -0.4 is 4.74 Å². The average Bonchev–Trinajstić information content (AvgIpc) is 2.71. The number of amides is 1. The second-order valence-electron chi connectivity index (χ2n) is 9.61. The van der Waals surface area contributed by atoms with E-state index in [4.69, 9.17) is 9.47 Å². The number of likely N-dealkylation sites (tertiary alicyclic amines) is 1. The molecule has 0 aromatic heterocycles. The van der Waals surface area contributed by atoms with Gasteiger partial charge in [-0.25, -0.2) is 0 Å². The summed E-state index contributed by atoms with van der Waals surface area (Å²) in [5, 5.41) is 0. The maximum atomic E-state index is 12.3. The van der Waals surface area contributed by atoms with E-state index in [1.165, 1.54) is 24.8 Å². The van der Waals surface area contributed by atoms with E-state index >= 15 is 0 Å². The Morgan fingerprint density at radius 2 is 1.90 bits per heavy atom. The fourth-order valence-electron chi connectivity index (χ4n) is 5.11. The van der Waals surface area contributed by atoms with E-state index in [1.807, 2.05) is 4.90 Å². The molecule has 5 heteroatoms. The fourth-order valence-corrected chi connectivity index (χ4v) is 5.11. The summed E-state index contributed by atoms with van der Waals surface area (Å²) < 4.78 is 11.3. The first-order chi connectivity index (χ1) is 14.5. The second kappa shape index (κ2) is 11.1. The van der Waals surface area contributed by atoms with Crippen molar-refractivity contribution in [2.45, 2.75) is 52.4 Å². The van der Waals surface area contributed by atoms with E-state index in [-0.39, 0.29) is 12.5 Å². The van der Waals surface area contributed by atoms with Gasteiger partial charge in [0.2, 0.25) is 5.91 Å². The van der Waals surface area contributed by atoms with Crippen LogP contribution in [0.15, 0.2) is 24.3 Å². The molecule has 2 heterocycles. The normalized spacial score (nSPS) is 20.9. The number of nitrogens with zero attached hydrogens (tertiary/aromatic N) is 2. The van der Waals surface area contributed by atoms with Gasteiger partial charge in [0.05, 0.1) is 0 Å². The van der Waals surface area contributed by atoms with Gasteiger partial charge in [-0.1, -0.05) is 38.5 Å². The topological polar surface area (TPSA) is 42.0 Å². The number of piperidine rings is 1. The van der Waals surface area contributed by atoms with Gasteiger partial charge in [0.15, 0.2) is 0 Å². The molecule has 1 fully saturated rings. The first-order valence-corrected chi connectivity index (χ1v) is 11.7. The Morgan fingerprint density at radius 1 is 1.13 bits per heavy atom. The lowest BCUT2D eigenvalue weighted by Crippen LogP contribution is -2.49. The van der Waals surface area contributed by atoms with Gasteiger partial charge in [-0.15, -0.1) is 0 Å². The molecule has 2 aliphatic heterocycles. The predicted molar refractivity (Wildman–Crippen MR) is 121 cm³/mol. The molecule has 5 nitrogen and oxygen atoms in total. The molecule has 30 heavy (non-hydrogen) atoms. The number of carbonyl (C=O) groups is 1. The Hall–Kier alpha value is -1.59. The zero-order valence-corrected chi connectivity index (χ0v) is 19.2. The number of hydrogen-bond acceptors (Lipinski definition) is 4. The molecule has 0 N–H and O–H groups in total. The monoisotopic (exact) mass is 416 g/mol. The predicted octanol–water partition coefficient (Wildman–Crippen LogP) is 4.01. The number of benzene rings is 1. The van der Waals surface area contributed by atoms with E-state index in [9.17, 15) is 4.79 Å². The Kier molecular flexibility index (Phi) is 8.58. The Bertz CT molecular complexity index is 668. The lowest BCUT2D eigenvalue weighted by molar-refractivity contribution is -0.137. The molecular formula is C25H40N2O3. The van der Waals surface area contributed by atoms with E-state index in [0.717, 1.165) is 64.3 Å². The average molecular weight is 417 g/mol. The summed E-state index contributed by atoms with van der Waals surface area (Å²) in [5.41, 5.74) is 1.64. The molecular weight excluding hydrogens is 376 g/mol. The van der Waals surface area contributed by atoms with Gasteiger partial charge in [-0.05, 0) is 55.1 Å². The zero-order chi connectivity index (χ0) is 21.4. The Balaban J connectivity index is 1.71. The summed E-state index contributed by atoms with van der Waals surface area (Å²) in [5.74, 6) is 1.82. The zero-order valence-electron chi connectivity index (χ0n) is 19.2. The van der Waals surface area contributed by atoms with Crippen molar-refractivity contribution in [3.63, 3.8) is 0 Å². The number of rotatable bonds is 4. The van der Waals surface area contributed by atoms with Crippen LogP contribution in [0.3, 0.4) is 0 Å². The van der Waals surface area contributed by atoms with Crippen LogP contribution >= 0.6 is 0 Å². The quantitative estimate of drug-likeness (QED) is 0.744. The van der Waals surface area contributed by atoms with Crippen LogP contribution in [0.25, 0.3) is 0 Å². The van der Waals surface area contributed by atoms with Crippen LogP contribution in [-0.2, 0) is 16.0 Å². The highest BCUT2D eigenvalue weighted by atomic mass is 16.5. The van der Waals surface area contributed by atoms with Crippen molar-refractivity contribution in [1.82, 2.24) is 9.80 Å². The van der Waals surface area contributed by atoms with Crippen LogP contribution in [-0.4, -0.2) is 68.8 Å². The number of carbonyl (C=O) groups excluding carboxylic acids is 1. The first-order valence-electron chi connectivity index (χ1n) is 11.7. The maximum Gasteiger partial charge on any atom is 0.248 e. The molecule has 0 aliphatic carbocycles. The number of aryl methyl sites for hydroxylation is 1. The van der Waals surface area contributed by atoms with Crippen molar-refractivity contribution in [1.29, 1.82) is 0 Å². The van der Waals surface area contributed by atoms with Crippen LogP contribution in [0.4, 0.5) is 0 Å². The Labute approximate surface area is 182 Å². The lowest BCUT2D eigenvalue weighted by Gasteiger charge is -2.45. The third-order valence-electron chi connectivity index (χ3n) is 6.67. The highest BCUT2D eigenvalue weighted by Crippen LogP contribution is 2.38. The maximum absolute atomic E-state index is 12.3. The minimum Gasteiger partial charge on any atom is -0.492 e. The van der Waals surface area contributed by atoms with Gasteiger partial charge < -0.3 is 14.4 Å². The lowest BCUT2D eigenvalue weighted by atomic mass is 9.73. The molecule has 168 valence electrons. The third-order valence-corrected chi connectivity index (χ3v) is 6.67. The van der Waals surface area contributed by atoms with Crippen LogP contribution in [0.2, 0.25) is 0 Å². The summed E-state index contributed by atoms with van der Waals surface area (Å²) in [6.07, 6.45) is 6.94. The number of fused-ring (bicyclic) bond motifs is 1. The van der Waals surface area contributed by atoms with Crippen LogP contribution in [0, 0.1) is 11.3 Å². The number of para-hydroxylation sites is 1. The molecule has 2 aliphatic rings. The molecule has 3 rings (SSSR count). The summed E-state index contributed by atoms with van der Waals surface area (Å²) in [6, 6.07) is 8.52. The van der Waals surface area contributed by atoms with Gasteiger partial charge in [-0.3, -0.25) is 9.69 Å². The number of methoxy groups -OCH3 is 1. The second-order valence-corrected chi connectivity index (χ2v) is 9.61. The van der Waals surface area contributed by atoms with E-state index in [2.05, 4.69) is 43.0 Å². The Morgan fingerprint density at radius 3 is 2.63 bits per heavy atom. The molecule has 1 spiro atoms. The van der Waals surface area contributed by atoms with Crippen LogP contribution in [0.1, 0.15) is 51.5 Å². The van der Waals surface area contributed by atoms with Gasteiger partial charge in [0, 0.05) is 39.8 Å². The molecule has 1 saturated heterocycles. The molecule has 0 atom stereocenters. The van der Waals surface area contributed by atoms with Crippen LogP contribution in [0.5, 0.6) is 5.75 Å². The first kappa shape index (κ1) is 23.1. The minimum absolute atomic E-state index is 0.129. The molecule has 0 saturated carbocycles. The molecule has 1 aromatic carbocycles. The molecule has 1 amide bonds. The van der Waals surface area contributed by atoms with E-state index in [1.54, 1.807) is 7.11 Å². The summed E-state index contributed by atoms with van der Waals surface area (Å²) in [7, 11) is 1.60. The number of hydrogen-bond donors (Lipinski definition) is 0. The van der Waals surface area contributed by atoms with Crippen molar-refractivity contribution in [2.75, 3.05) is 53.0 Å². The van der Waals surface area contributed by atoms with Crippen molar-refractivity contribution < 1.29 is 14.3 Å². The molecule has 1 aromatic rings. The van der Waals surface area contributed by atoms with Gasteiger partial charge in [-0.2, -0.15) is 0 Å². The number of ether oxygens (including phenoxy) is 2. The largest absolute Gasteiger partial charge is 0.492 e. The summed E-state index contributed by atoms with van der Waals surface area (Å²) in [4.78, 5) is 16.9. The molecule has 0 radical (unpaired) electrons. The van der Waals surface area contributed by atoms with E-state index < -0.39 is 0 Å². The smallest absolute Gasteiger partial charge is 0.248 e. The summed E-state index contributed by atoms with van der Waals surface area (Å²) in [6.45, 7) is 10.4. The van der Waals surface area contributed by atoms with Gasteiger partial charge in [0.25, 0.3) is 0 Å². The highest BCUT2D eigenvalue weighted by Gasteiger charge is 2.37. The van der Waals surface area contributed by atoms with E-state index in [0.29, 0.717) is 11.3 Å². The highest BCUT2D eigenvalue weighted by molar-refractivity contribution is 5.77.